The van der Waals surface area contributed by atoms with Crippen LogP contribution in [0, 0.1) is 0 Å². The highest BCUT2D eigenvalue weighted by molar-refractivity contribution is 6.13. The fourth-order valence-corrected chi connectivity index (χ4v) is 3.99. The van der Waals surface area contributed by atoms with E-state index in [9.17, 15) is 15.0 Å². The van der Waals surface area contributed by atoms with Crippen LogP contribution in [0.5, 0.6) is 5.75 Å². The van der Waals surface area contributed by atoms with Crippen molar-refractivity contribution in [2.24, 2.45) is 0 Å². The lowest BCUT2D eigenvalue weighted by Gasteiger charge is -2.11. The van der Waals surface area contributed by atoms with Crippen molar-refractivity contribution in [1.82, 2.24) is 4.98 Å². The van der Waals surface area contributed by atoms with E-state index >= 15 is 0 Å². The largest absolute Gasteiger partial charge is 0.508 e. The second-order valence-corrected chi connectivity index (χ2v) is 7.12. The highest BCUT2D eigenvalue weighted by atomic mass is 16.4. The fourth-order valence-electron chi connectivity index (χ4n) is 3.99. The smallest absolute Gasteiger partial charge is 0.337 e. The molecule has 140 valence electrons. The van der Waals surface area contributed by atoms with Gasteiger partial charge in [-0.15, -0.1) is 0 Å². The van der Waals surface area contributed by atoms with Crippen LogP contribution in [0.1, 0.15) is 21.5 Å². The van der Waals surface area contributed by atoms with Crippen molar-refractivity contribution >= 4 is 38.5 Å². The number of para-hydroxylation sites is 1. The van der Waals surface area contributed by atoms with Gasteiger partial charge < -0.3 is 10.2 Å². The molecule has 0 radical (unpaired) electrons. The first-order valence-corrected chi connectivity index (χ1v) is 9.36. The van der Waals surface area contributed by atoms with Gasteiger partial charge in [0.2, 0.25) is 0 Å². The third kappa shape index (κ3) is 2.86. The molecule has 0 amide bonds. The average Bonchev–Trinajstić information content (AvgIpc) is 2.73. The monoisotopic (exact) mass is 379 g/mol. The molecular weight excluding hydrogens is 362 g/mol. The lowest BCUT2D eigenvalue weighted by molar-refractivity contribution is 0.0701. The van der Waals surface area contributed by atoms with E-state index in [4.69, 9.17) is 0 Å². The number of nitrogens with zero attached hydrogens (tertiary/aromatic N) is 1. The Morgan fingerprint density at radius 3 is 2.34 bits per heavy atom. The summed E-state index contributed by atoms with van der Waals surface area (Å²) in [5, 5.41) is 23.5. The fraction of sp³-hybridized carbons (Fsp3) is 0.0400. The summed E-state index contributed by atoms with van der Waals surface area (Å²) in [6.07, 6.45) is 0.528. The Morgan fingerprint density at radius 2 is 1.52 bits per heavy atom. The Bertz CT molecular complexity index is 1420. The van der Waals surface area contributed by atoms with Crippen molar-refractivity contribution in [3.05, 3.63) is 95.6 Å². The topological polar surface area (TPSA) is 70.4 Å². The Balaban J connectivity index is 1.69. The van der Waals surface area contributed by atoms with Crippen LogP contribution < -0.4 is 0 Å². The molecule has 0 saturated heterocycles. The molecule has 29 heavy (non-hydrogen) atoms. The van der Waals surface area contributed by atoms with Crippen molar-refractivity contribution in [1.29, 1.82) is 0 Å². The SMILES string of the molecule is O=C(O)c1c2ccccc2nc2cc(Cc3c(O)ccc4ccccc34)ccc12. The maximum Gasteiger partial charge on any atom is 0.337 e. The Morgan fingerprint density at radius 1 is 0.793 bits per heavy atom. The minimum Gasteiger partial charge on any atom is -0.508 e. The predicted molar refractivity (Wildman–Crippen MR) is 115 cm³/mol. The Labute approximate surface area is 166 Å². The first kappa shape index (κ1) is 17.2. The second-order valence-electron chi connectivity index (χ2n) is 7.12. The quantitative estimate of drug-likeness (QED) is 0.404. The number of rotatable bonds is 3. The third-order valence-corrected chi connectivity index (χ3v) is 5.36. The molecule has 0 bridgehead atoms. The zero-order chi connectivity index (χ0) is 20.0. The number of carboxylic acid groups (broad SMARTS) is 1. The van der Waals surface area contributed by atoms with Gasteiger partial charge in [0.1, 0.15) is 5.75 Å². The average molecular weight is 379 g/mol. The van der Waals surface area contributed by atoms with Gasteiger partial charge in [0, 0.05) is 22.8 Å². The van der Waals surface area contributed by atoms with Gasteiger partial charge in [-0.2, -0.15) is 0 Å². The van der Waals surface area contributed by atoms with Gasteiger partial charge in [0.05, 0.1) is 16.6 Å². The number of aromatic nitrogens is 1. The van der Waals surface area contributed by atoms with Gasteiger partial charge in [-0.25, -0.2) is 9.78 Å². The number of benzene rings is 4. The Hall–Kier alpha value is -3.92. The molecule has 1 heterocycles. The number of phenols is 1. The van der Waals surface area contributed by atoms with E-state index < -0.39 is 5.97 Å². The molecular formula is C25H17NO3. The van der Waals surface area contributed by atoms with E-state index in [0.29, 0.717) is 28.2 Å². The second kappa shape index (κ2) is 6.60. The molecule has 0 unspecified atom stereocenters. The summed E-state index contributed by atoms with van der Waals surface area (Å²) in [5.41, 5.74) is 3.37. The molecule has 0 atom stereocenters. The van der Waals surface area contributed by atoms with Crippen LogP contribution in [0.15, 0.2) is 78.9 Å². The lowest BCUT2D eigenvalue weighted by atomic mass is 9.95. The maximum absolute atomic E-state index is 11.9. The summed E-state index contributed by atoms with van der Waals surface area (Å²) in [7, 11) is 0. The summed E-state index contributed by atoms with van der Waals surface area (Å²) in [4.78, 5) is 16.6. The molecule has 0 aliphatic heterocycles. The number of hydrogen-bond acceptors (Lipinski definition) is 3. The van der Waals surface area contributed by atoms with Crippen molar-refractivity contribution in [2.75, 3.05) is 0 Å². The van der Waals surface area contributed by atoms with Gasteiger partial charge >= 0.3 is 5.97 Å². The van der Waals surface area contributed by atoms with Crippen LogP contribution in [0.3, 0.4) is 0 Å². The van der Waals surface area contributed by atoms with Crippen LogP contribution in [0.4, 0.5) is 0 Å². The zero-order valence-corrected chi connectivity index (χ0v) is 15.5. The standard InChI is InChI=1S/C25H17NO3/c27-23-12-10-16-5-1-2-6-17(16)20(23)13-15-9-11-19-22(14-15)26-21-8-4-3-7-18(21)24(19)25(28)29/h1-12,14,27H,13H2,(H,28,29). The van der Waals surface area contributed by atoms with Crippen molar-refractivity contribution < 1.29 is 15.0 Å². The first-order chi connectivity index (χ1) is 14.1. The molecule has 4 heteroatoms. The summed E-state index contributed by atoms with van der Waals surface area (Å²) in [5.74, 6) is -0.713. The number of carboxylic acids is 1. The molecule has 0 aliphatic carbocycles. The van der Waals surface area contributed by atoms with Gasteiger partial charge in [-0.1, -0.05) is 60.7 Å². The number of hydrogen-bond donors (Lipinski definition) is 2. The predicted octanol–water partition coefficient (Wildman–Crippen LogP) is 5.54. The number of aromatic hydroxyl groups is 1. The Kier molecular flexibility index (Phi) is 3.91. The molecule has 4 aromatic carbocycles. The van der Waals surface area contributed by atoms with Crippen LogP contribution in [-0.2, 0) is 6.42 Å². The molecule has 0 saturated carbocycles. The zero-order valence-electron chi connectivity index (χ0n) is 15.5. The van der Waals surface area contributed by atoms with Crippen LogP contribution in [-0.4, -0.2) is 21.2 Å². The van der Waals surface area contributed by atoms with E-state index in [0.717, 1.165) is 21.9 Å². The number of pyridine rings is 1. The molecule has 1 aromatic heterocycles. The van der Waals surface area contributed by atoms with E-state index in [1.807, 2.05) is 66.7 Å². The molecule has 2 N–H and O–H groups in total. The van der Waals surface area contributed by atoms with Crippen LogP contribution in [0.2, 0.25) is 0 Å². The van der Waals surface area contributed by atoms with Crippen LogP contribution >= 0.6 is 0 Å². The van der Waals surface area contributed by atoms with E-state index in [1.54, 1.807) is 12.1 Å². The van der Waals surface area contributed by atoms with Gasteiger partial charge in [0.15, 0.2) is 0 Å². The van der Waals surface area contributed by atoms with Gasteiger partial charge in [-0.3, -0.25) is 0 Å². The summed E-state index contributed by atoms with van der Waals surface area (Å²) in [6.45, 7) is 0. The van der Waals surface area contributed by atoms with Gasteiger partial charge in [-0.05, 0) is 34.5 Å². The molecule has 5 aromatic rings. The van der Waals surface area contributed by atoms with Gasteiger partial charge in [0.25, 0.3) is 0 Å². The molecule has 5 rings (SSSR count). The number of fused-ring (bicyclic) bond motifs is 3. The molecule has 0 spiro atoms. The third-order valence-electron chi connectivity index (χ3n) is 5.36. The van der Waals surface area contributed by atoms with E-state index in [1.165, 1.54) is 0 Å². The van der Waals surface area contributed by atoms with Crippen molar-refractivity contribution in [3.63, 3.8) is 0 Å². The molecule has 0 fully saturated rings. The van der Waals surface area contributed by atoms with Crippen molar-refractivity contribution in [3.8, 4) is 5.75 Å². The number of phenolic OH excluding ortho intramolecular Hbond substituents is 1. The first-order valence-electron chi connectivity index (χ1n) is 9.36. The maximum atomic E-state index is 11.9. The van der Waals surface area contributed by atoms with E-state index in [-0.39, 0.29) is 11.3 Å². The highest BCUT2D eigenvalue weighted by Gasteiger charge is 2.16. The summed E-state index contributed by atoms with van der Waals surface area (Å²) < 4.78 is 0. The molecule has 0 aliphatic rings. The van der Waals surface area contributed by atoms with Crippen LogP contribution in [0.25, 0.3) is 32.6 Å². The number of aromatic carboxylic acids is 1. The van der Waals surface area contributed by atoms with E-state index in [2.05, 4.69) is 4.98 Å². The summed E-state index contributed by atoms with van der Waals surface area (Å²) in [6, 6.07) is 24.5. The number of carbonyl (C=O) groups is 1. The van der Waals surface area contributed by atoms with Crippen molar-refractivity contribution in [2.45, 2.75) is 6.42 Å². The molecule has 4 nitrogen and oxygen atoms in total. The minimum atomic E-state index is -0.965. The normalized spacial score (nSPS) is 11.3. The summed E-state index contributed by atoms with van der Waals surface area (Å²) >= 11 is 0. The minimum absolute atomic E-state index is 0.251. The lowest BCUT2D eigenvalue weighted by Crippen LogP contribution is -2.01. The highest BCUT2D eigenvalue weighted by Crippen LogP contribution is 2.31.